The minimum absolute atomic E-state index is 0.134. The summed E-state index contributed by atoms with van der Waals surface area (Å²) >= 11 is 0. The van der Waals surface area contributed by atoms with Crippen LogP contribution in [0.15, 0.2) is 48.5 Å². The van der Waals surface area contributed by atoms with E-state index in [1.165, 1.54) is 0 Å². The number of benzene rings is 2. The first kappa shape index (κ1) is 21.4. The number of ketones is 1. The van der Waals surface area contributed by atoms with Gasteiger partial charge in [0.15, 0.2) is 5.78 Å². The van der Waals surface area contributed by atoms with E-state index in [1.807, 2.05) is 36.4 Å². The summed E-state index contributed by atoms with van der Waals surface area (Å²) in [6.45, 7) is 0.772. The van der Waals surface area contributed by atoms with Crippen LogP contribution in [0.25, 0.3) is 0 Å². The fourth-order valence-electron chi connectivity index (χ4n) is 4.70. The molecule has 1 N–H and O–H groups in total. The largest absolute Gasteiger partial charge is 0.490 e. The quantitative estimate of drug-likeness (QED) is 0.559. The normalized spacial score (nSPS) is 20.9. The Bertz CT molecular complexity index is 1110. The molecule has 0 bridgehead atoms. The molecule has 2 aromatic carbocycles. The number of fused-ring (bicyclic) bond motifs is 1. The Morgan fingerprint density at radius 2 is 1.70 bits per heavy atom. The third-order valence-corrected chi connectivity index (χ3v) is 6.61. The number of halogens is 2. The van der Waals surface area contributed by atoms with Gasteiger partial charge in [0, 0.05) is 24.1 Å². The Morgan fingerprint density at radius 3 is 2.42 bits per heavy atom. The van der Waals surface area contributed by atoms with Crippen molar-refractivity contribution < 1.29 is 27.9 Å². The second-order valence-electron chi connectivity index (χ2n) is 8.70. The first-order valence-electron chi connectivity index (χ1n) is 10.9. The van der Waals surface area contributed by atoms with E-state index in [0.29, 0.717) is 18.7 Å². The maximum absolute atomic E-state index is 13.5. The number of hydrogen-bond donors (Lipinski definition) is 1. The molecule has 2 aliphatic heterocycles. The number of amides is 3. The lowest BCUT2D eigenvalue weighted by atomic mass is 9.80. The maximum atomic E-state index is 13.5. The first-order valence-corrected chi connectivity index (χ1v) is 10.9. The second kappa shape index (κ2) is 7.83. The van der Waals surface area contributed by atoms with Gasteiger partial charge in [-0.25, -0.2) is 13.6 Å². The topological polar surface area (TPSA) is 79.0 Å². The monoisotopic (exact) mass is 455 g/mol. The number of carbonyl (C=O) groups excluding carboxylic acids is 3. The highest BCUT2D eigenvalue weighted by Gasteiger charge is 2.55. The predicted molar refractivity (Wildman–Crippen MR) is 116 cm³/mol. The number of Topliss-reactive ketones (excluding diaryl/α,β-unsaturated/α-hetero) is 1. The molecular formula is C24H23F2N3O4. The number of imide groups is 1. The van der Waals surface area contributed by atoms with Gasteiger partial charge in [-0.2, -0.15) is 0 Å². The van der Waals surface area contributed by atoms with Crippen molar-refractivity contribution in [1.82, 2.24) is 10.2 Å². The minimum Gasteiger partial charge on any atom is -0.490 e. The smallest absolute Gasteiger partial charge is 0.325 e. The highest BCUT2D eigenvalue weighted by Crippen LogP contribution is 2.41. The highest BCUT2D eigenvalue weighted by atomic mass is 19.3. The predicted octanol–water partition coefficient (Wildman–Crippen LogP) is 3.90. The summed E-state index contributed by atoms with van der Waals surface area (Å²) in [5, 5.41) is 2.56. The van der Waals surface area contributed by atoms with Crippen LogP contribution in [-0.4, -0.2) is 53.8 Å². The van der Waals surface area contributed by atoms with Gasteiger partial charge in [0.2, 0.25) is 5.92 Å². The number of alkyl halides is 2. The van der Waals surface area contributed by atoms with Gasteiger partial charge in [-0.1, -0.05) is 12.1 Å². The molecule has 0 aromatic heterocycles. The Morgan fingerprint density at radius 1 is 1.00 bits per heavy atom. The van der Waals surface area contributed by atoms with E-state index >= 15 is 0 Å². The van der Waals surface area contributed by atoms with Crippen molar-refractivity contribution >= 4 is 29.1 Å². The average Bonchev–Trinajstić information content (AvgIpc) is 3.05. The minimum atomic E-state index is -2.83. The Balaban J connectivity index is 1.28. The molecule has 7 nitrogen and oxygen atoms in total. The molecule has 0 atom stereocenters. The zero-order valence-corrected chi connectivity index (χ0v) is 17.9. The van der Waals surface area contributed by atoms with Gasteiger partial charge in [-0.3, -0.25) is 14.5 Å². The highest BCUT2D eigenvalue weighted by molar-refractivity contribution is 6.11. The Kier molecular flexibility index (Phi) is 5.07. The van der Waals surface area contributed by atoms with E-state index < -0.39 is 48.6 Å². The van der Waals surface area contributed by atoms with Crippen molar-refractivity contribution in [2.45, 2.75) is 37.1 Å². The summed E-state index contributed by atoms with van der Waals surface area (Å²) in [6, 6.07) is 13.9. The van der Waals surface area contributed by atoms with Crippen LogP contribution in [0.5, 0.6) is 5.75 Å². The van der Waals surface area contributed by atoms with Crippen LogP contribution in [0.1, 0.15) is 36.0 Å². The molecule has 172 valence electrons. The number of nitrogens with one attached hydrogen (secondary N) is 1. The van der Waals surface area contributed by atoms with Crippen molar-refractivity contribution in [2.24, 2.45) is 0 Å². The lowest BCUT2D eigenvalue weighted by Crippen LogP contribution is -2.51. The molecule has 0 unspecified atom stereocenters. The molecular weight excluding hydrogens is 432 g/mol. The number of carbonyl (C=O) groups is 3. The van der Waals surface area contributed by atoms with Gasteiger partial charge in [0.25, 0.3) is 5.91 Å². The number of nitrogens with zero attached hydrogens (tertiary/aromatic N) is 2. The van der Waals surface area contributed by atoms with Gasteiger partial charge in [-0.15, -0.1) is 0 Å². The van der Waals surface area contributed by atoms with E-state index in [9.17, 15) is 23.2 Å². The molecule has 1 saturated carbocycles. The molecule has 9 heteroatoms. The second-order valence-corrected chi connectivity index (χ2v) is 8.70. The van der Waals surface area contributed by atoms with Crippen molar-refractivity contribution in [3.63, 3.8) is 0 Å². The van der Waals surface area contributed by atoms with Crippen LogP contribution >= 0.6 is 0 Å². The fraction of sp³-hybridized carbons (Fsp3) is 0.375. The third kappa shape index (κ3) is 3.81. The molecule has 0 radical (unpaired) electrons. The maximum Gasteiger partial charge on any atom is 0.325 e. The molecule has 1 spiro atoms. The lowest BCUT2D eigenvalue weighted by Gasteiger charge is -2.34. The van der Waals surface area contributed by atoms with Crippen LogP contribution in [-0.2, 0) is 4.79 Å². The summed E-state index contributed by atoms with van der Waals surface area (Å²) in [4.78, 5) is 41.0. The SMILES string of the molecule is O=C(CN1C(=O)NC2(CCC(F)(F)CC2)C1=O)c1ccc(N2CCOc3ccccc32)cc1. The molecule has 2 fully saturated rings. The number of urea groups is 1. The Labute approximate surface area is 189 Å². The number of rotatable bonds is 4. The molecule has 2 aromatic rings. The molecule has 1 aliphatic carbocycles. The van der Waals surface area contributed by atoms with Crippen molar-refractivity contribution in [2.75, 3.05) is 24.6 Å². The van der Waals surface area contributed by atoms with Gasteiger partial charge >= 0.3 is 6.03 Å². The average molecular weight is 455 g/mol. The van der Waals surface area contributed by atoms with E-state index in [-0.39, 0.29) is 12.8 Å². The number of anilines is 2. The number of para-hydroxylation sites is 2. The first-order chi connectivity index (χ1) is 15.8. The van der Waals surface area contributed by atoms with Crippen LogP contribution in [0, 0.1) is 0 Å². The van der Waals surface area contributed by atoms with Crippen LogP contribution in [0.4, 0.5) is 25.0 Å². The lowest BCUT2D eigenvalue weighted by molar-refractivity contribution is -0.135. The van der Waals surface area contributed by atoms with E-state index in [0.717, 1.165) is 22.0 Å². The molecule has 2 heterocycles. The number of ether oxygens (including phenoxy) is 1. The van der Waals surface area contributed by atoms with Crippen molar-refractivity contribution in [1.29, 1.82) is 0 Å². The van der Waals surface area contributed by atoms with Crippen LogP contribution in [0.2, 0.25) is 0 Å². The molecule has 33 heavy (non-hydrogen) atoms. The molecule has 3 amide bonds. The number of hydrogen-bond acceptors (Lipinski definition) is 5. The molecule has 3 aliphatic rings. The third-order valence-electron chi connectivity index (χ3n) is 6.61. The summed E-state index contributed by atoms with van der Waals surface area (Å²) in [5.74, 6) is -3.04. The summed E-state index contributed by atoms with van der Waals surface area (Å²) < 4.78 is 32.8. The van der Waals surface area contributed by atoms with E-state index in [2.05, 4.69) is 10.2 Å². The Hall–Kier alpha value is -3.49. The van der Waals surface area contributed by atoms with Crippen LogP contribution in [0.3, 0.4) is 0 Å². The van der Waals surface area contributed by atoms with Gasteiger partial charge in [0.05, 0.1) is 18.8 Å². The van der Waals surface area contributed by atoms with Gasteiger partial charge in [0.1, 0.15) is 17.9 Å². The zero-order chi connectivity index (χ0) is 23.2. The summed E-state index contributed by atoms with van der Waals surface area (Å²) in [5.41, 5.74) is 0.856. The summed E-state index contributed by atoms with van der Waals surface area (Å²) in [7, 11) is 0. The van der Waals surface area contributed by atoms with Crippen LogP contribution < -0.4 is 15.0 Å². The zero-order valence-electron chi connectivity index (χ0n) is 17.9. The fourth-order valence-corrected chi connectivity index (χ4v) is 4.70. The van der Waals surface area contributed by atoms with Gasteiger partial charge < -0.3 is 15.0 Å². The standard InChI is InChI=1S/C24H23F2N3O4/c25-24(26)11-9-23(10-12-24)21(31)29(22(32)27-23)15-19(30)16-5-7-17(8-6-16)28-13-14-33-20-4-2-1-3-18(20)28/h1-8H,9-15H2,(H,27,32). The van der Waals surface area contributed by atoms with E-state index in [1.54, 1.807) is 12.1 Å². The summed E-state index contributed by atoms with van der Waals surface area (Å²) in [6.07, 6.45) is -1.20. The van der Waals surface area contributed by atoms with Gasteiger partial charge in [-0.05, 0) is 49.2 Å². The molecule has 5 rings (SSSR count). The van der Waals surface area contributed by atoms with Crippen molar-refractivity contribution in [3.8, 4) is 5.75 Å². The van der Waals surface area contributed by atoms with E-state index in [4.69, 9.17) is 4.74 Å². The molecule has 1 saturated heterocycles. The van der Waals surface area contributed by atoms with Crippen molar-refractivity contribution in [3.05, 3.63) is 54.1 Å².